The molecule has 2 aromatic carbocycles. The zero-order valence-electron chi connectivity index (χ0n) is 19.4. The molecule has 0 spiro atoms. The molecule has 0 saturated carbocycles. The molecule has 1 aromatic heterocycles. The van der Waals surface area contributed by atoms with Crippen LogP contribution in [0.1, 0.15) is 35.0 Å². The van der Waals surface area contributed by atoms with Crippen molar-refractivity contribution >= 4 is 35.2 Å². The summed E-state index contributed by atoms with van der Waals surface area (Å²) in [5.74, 6) is -0.987. The summed E-state index contributed by atoms with van der Waals surface area (Å²) in [5, 5.41) is 2.71. The van der Waals surface area contributed by atoms with E-state index in [9.17, 15) is 19.2 Å². The van der Waals surface area contributed by atoms with Crippen molar-refractivity contribution < 1.29 is 28.3 Å². The van der Waals surface area contributed by atoms with Crippen LogP contribution < -0.4 is 10.2 Å². The number of carbonyl (C=O) groups is 4. The van der Waals surface area contributed by atoms with Gasteiger partial charge in [-0.25, -0.2) is 14.5 Å². The third-order valence-electron chi connectivity index (χ3n) is 5.52. The van der Waals surface area contributed by atoms with E-state index in [-0.39, 0.29) is 19.6 Å². The van der Waals surface area contributed by atoms with Crippen LogP contribution in [0.4, 0.5) is 16.2 Å². The fraction of sp³-hybridized carbons (Fsp3) is 0.231. The van der Waals surface area contributed by atoms with Gasteiger partial charge in [0.25, 0.3) is 5.91 Å². The predicted octanol–water partition coefficient (Wildman–Crippen LogP) is 4.13. The van der Waals surface area contributed by atoms with E-state index in [1.807, 2.05) is 13.0 Å². The summed E-state index contributed by atoms with van der Waals surface area (Å²) in [5.41, 5.74) is 2.00. The molecular formula is C26H25N3O6. The number of rotatable bonds is 8. The Labute approximate surface area is 202 Å². The van der Waals surface area contributed by atoms with E-state index in [2.05, 4.69) is 5.32 Å². The van der Waals surface area contributed by atoms with Crippen LogP contribution in [-0.2, 0) is 20.9 Å². The van der Waals surface area contributed by atoms with E-state index < -0.39 is 29.9 Å². The number of amides is 4. The molecule has 3 aromatic rings. The third-order valence-corrected chi connectivity index (χ3v) is 5.52. The lowest BCUT2D eigenvalue weighted by atomic mass is 10.1. The van der Waals surface area contributed by atoms with Crippen LogP contribution in [0.25, 0.3) is 0 Å². The summed E-state index contributed by atoms with van der Waals surface area (Å²) in [6, 6.07) is 15.2. The van der Waals surface area contributed by atoms with Gasteiger partial charge in [0.15, 0.2) is 0 Å². The number of nitrogens with one attached hydrogen (secondary N) is 1. The molecule has 0 bridgehead atoms. The molecular weight excluding hydrogens is 450 g/mol. The van der Waals surface area contributed by atoms with Crippen LogP contribution in [0.5, 0.6) is 0 Å². The molecule has 0 aliphatic carbocycles. The first-order valence-electron chi connectivity index (χ1n) is 11.2. The van der Waals surface area contributed by atoms with Crippen molar-refractivity contribution in [2.45, 2.75) is 32.9 Å². The second-order valence-corrected chi connectivity index (χ2v) is 8.07. The molecule has 1 fully saturated rings. The summed E-state index contributed by atoms with van der Waals surface area (Å²) in [4.78, 5) is 54.0. The Morgan fingerprint density at radius 3 is 2.57 bits per heavy atom. The summed E-state index contributed by atoms with van der Waals surface area (Å²) in [6.45, 7) is 3.84. The number of benzene rings is 2. The van der Waals surface area contributed by atoms with Gasteiger partial charge in [0, 0.05) is 5.69 Å². The molecule has 35 heavy (non-hydrogen) atoms. The van der Waals surface area contributed by atoms with Crippen molar-refractivity contribution in [2.75, 3.05) is 16.8 Å². The highest BCUT2D eigenvalue weighted by Gasteiger charge is 2.47. The topological polar surface area (TPSA) is 109 Å². The minimum absolute atomic E-state index is 0.0379. The van der Waals surface area contributed by atoms with E-state index in [1.54, 1.807) is 55.5 Å². The number of nitrogens with zero attached hydrogens (tertiary/aromatic N) is 2. The number of anilines is 2. The SMILES string of the molecule is CCOC(=O)c1cccc(NC(=O)C[C@H]2C(=O)N(c3cccc(C)c3)C(=O)N2Cc2ccco2)c1. The standard InChI is InChI=1S/C26H25N3O6/c1-3-34-25(32)18-8-5-9-19(14-18)27-23(30)15-22-24(31)29(20-10-4-7-17(2)13-20)26(33)28(22)16-21-11-6-12-35-21/h4-14,22H,3,15-16H2,1-2H3,(H,27,30)/t22-/m0/s1. The number of hydrogen-bond donors (Lipinski definition) is 1. The highest BCUT2D eigenvalue weighted by Crippen LogP contribution is 2.29. The molecule has 9 heteroatoms. The lowest BCUT2D eigenvalue weighted by molar-refractivity contribution is -0.124. The average Bonchev–Trinajstić information content (AvgIpc) is 3.42. The zero-order valence-corrected chi connectivity index (χ0v) is 19.4. The molecule has 0 unspecified atom stereocenters. The fourth-order valence-corrected chi connectivity index (χ4v) is 3.91. The van der Waals surface area contributed by atoms with Crippen molar-refractivity contribution in [3.05, 3.63) is 83.8 Å². The van der Waals surface area contributed by atoms with Gasteiger partial charge in [-0.2, -0.15) is 0 Å². The van der Waals surface area contributed by atoms with Gasteiger partial charge in [-0.15, -0.1) is 0 Å². The lowest BCUT2D eigenvalue weighted by Gasteiger charge is -2.20. The number of esters is 1. The van der Waals surface area contributed by atoms with E-state index in [1.165, 1.54) is 17.2 Å². The molecule has 1 saturated heterocycles. The molecule has 1 N–H and O–H groups in total. The number of ether oxygens (including phenoxy) is 1. The number of urea groups is 1. The smallest absolute Gasteiger partial charge is 0.338 e. The number of aryl methyl sites for hydroxylation is 1. The fourth-order valence-electron chi connectivity index (χ4n) is 3.91. The lowest BCUT2D eigenvalue weighted by Crippen LogP contribution is -2.37. The van der Waals surface area contributed by atoms with Crippen LogP contribution in [0.3, 0.4) is 0 Å². The van der Waals surface area contributed by atoms with Gasteiger partial charge in [0.05, 0.1) is 37.1 Å². The Kier molecular flexibility index (Phi) is 6.96. The van der Waals surface area contributed by atoms with Gasteiger partial charge < -0.3 is 19.4 Å². The van der Waals surface area contributed by atoms with Gasteiger partial charge in [0.2, 0.25) is 5.91 Å². The normalized spacial score (nSPS) is 15.4. The molecule has 4 rings (SSSR count). The maximum Gasteiger partial charge on any atom is 0.338 e. The van der Waals surface area contributed by atoms with Crippen LogP contribution in [0, 0.1) is 6.92 Å². The average molecular weight is 476 g/mol. The molecule has 9 nitrogen and oxygen atoms in total. The Hall–Kier alpha value is -4.40. The molecule has 4 amide bonds. The zero-order chi connectivity index (χ0) is 24.9. The number of hydrogen-bond acceptors (Lipinski definition) is 6. The maximum absolute atomic E-state index is 13.4. The molecule has 0 radical (unpaired) electrons. The number of furan rings is 1. The predicted molar refractivity (Wildman–Crippen MR) is 128 cm³/mol. The first-order valence-corrected chi connectivity index (χ1v) is 11.2. The second-order valence-electron chi connectivity index (χ2n) is 8.07. The monoisotopic (exact) mass is 475 g/mol. The van der Waals surface area contributed by atoms with E-state index >= 15 is 0 Å². The summed E-state index contributed by atoms with van der Waals surface area (Å²) in [6.07, 6.45) is 1.21. The van der Waals surface area contributed by atoms with Crippen LogP contribution in [0.2, 0.25) is 0 Å². The van der Waals surface area contributed by atoms with Gasteiger partial charge in [-0.05, 0) is 61.9 Å². The quantitative estimate of drug-likeness (QED) is 0.388. The summed E-state index contributed by atoms with van der Waals surface area (Å²) in [7, 11) is 0. The van der Waals surface area contributed by atoms with Crippen molar-refractivity contribution in [3.63, 3.8) is 0 Å². The number of carbonyl (C=O) groups excluding carboxylic acids is 4. The summed E-state index contributed by atoms with van der Waals surface area (Å²) < 4.78 is 10.4. The second kappa shape index (κ2) is 10.3. The molecule has 1 aliphatic heterocycles. The Bertz CT molecular complexity index is 1250. The molecule has 1 atom stereocenters. The third kappa shape index (κ3) is 5.24. The van der Waals surface area contributed by atoms with E-state index in [0.717, 1.165) is 10.5 Å². The van der Waals surface area contributed by atoms with Gasteiger partial charge in [-0.1, -0.05) is 18.2 Å². The number of imide groups is 1. The van der Waals surface area contributed by atoms with Crippen LogP contribution in [-0.4, -0.2) is 41.4 Å². The molecule has 180 valence electrons. The minimum atomic E-state index is -1.03. The van der Waals surface area contributed by atoms with E-state index in [4.69, 9.17) is 9.15 Å². The summed E-state index contributed by atoms with van der Waals surface area (Å²) >= 11 is 0. The highest BCUT2D eigenvalue weighted by molar-refractivity contribution is 6.22. The highest BCUT2D eigenvalue weighted by atomic mass is 16.5. The van der Waals surface area contributed by atoms with Gasteiger partial charge in [0.1, 0.15) is 11.8 Å². The first-order chi connectivity index (χ1) is 16.9. The largest absolute Gasteiger partial charge is 0.467 e. The molecule has 2 heterocycles. The maximum atomic E-state index is 13.4. The van der Waals surface area contributed by atoms with Crippen molar-refractivity contribution in [2.24, 2.45) is 0 Å². The van der Waals surface area contributed by atoms with Gasteiger partial charge in [-0.3, -0.25) is 9.59 Å². The Morgan fingerprint density at radius 2 is 1.86 bits per heavy atom. The first kappa shape index (κ1) is 23.7. The van der Waals surface area contributed by atoms with Crippen LogP contribution in [0.15, 0.2) is 71.3 Å². The minimum Gasteiger partial charge on any atom is -0.467 e. The van der Waals surface area contributed by atoms with Crippen molar-refractivity contribution in [1.82, 2.24) is 4.90 Å². The Morgan fingerprint density at radius 1 is 1.06 bits per heavy atom. The van der Waals surface area contributed by atoms with Gasteiger partial charge >= 0.3 is 12.0 Å². The molecule has 1 aliphatic rings. The van der Waals surface area contributed by atoms with Crippen LogP contribution >= 0.6 is 0 Å². The van der Waals surface area contributed by atoms with Crippen molar-refractivity contribution in [1.29, 1.82) is 0 Å². The van der Waals surface area contributed by atoms with E-state index in [0.29, 0.717) is 22.7 Å². The van der Waals surface area contributed by atoms with Crippen molar-refractivity contribution in [3.8, 4) is 0 Å². The Balaban J connectivity index is 1.55.